The lowest BCUT2D eigenvalue weighted by molar-refractivity contribution is 0.449. The number of phenolic OH excluding ortho intramolecular Hbond substituents is 6. The van der Waals surface area contributed by atoms with Gasteiger partial charge in [-0.2, -0.15) is 0 Å². The fourth-order valence-corrected chi connectivity index (χ4v) is 3.37. The fraction of sp³-hybridized carbons (Fsp3) is 0. The Kier molecular flexibility index (Phi) is 6.87. The van der Waals surface area contributed by atoms with E-state index in [0.29, 0.717) is 11.1 Å². The topological polar surface area (TPSA) is 146 Å². The molecule has 0 atom stereocenters. The van der Waals surface area contributed by atoms with E-state index in [4.69, 9.17) is 0 Å². The molecule has 0 aliphatic rings. The van der Waals surface area contributed by atoms with Gasteiger partial charge in [0, 0.05) is 23.3 Å². The summed E-state index contributed by atoms with van der Waals surface area (Å²) in [7, 11) is 0. The van der Waals surface area contributed by atoms with Crippen LogP contribution in [0.1, 0.15) is 22.3 Å². The predicted octanol–water partition coefficient (Wildman–Crippen LogP) is 6.68. The van der Waals surface area contributed by atoms with Crippen LogP contribution in [0.5, 0.6) is 34.5 Å². The predicted molar refractivity (Wildman–Crippen MR) is 138 cm³/mol. The summed E-state index contributed by atoms with van der Waals surface area (Å²) in [5, 5.41) is 67.9. The first-order valence-electron chi connectivity index (χ1n) is 10.8. The quantitative estimate of drug-likeness (QED) is 0.134. The van der Waals surface area contributed by atoms with Crippen molar-refractivity contribution in [3.63, 3.8) is 0 Å². The van der Waals surface area contributed by atoms with Crippen LogP contribution in [0.25, 0.3) is 24.3 Å². The number of azo groups is 1. The third-order valence-corrected chi connectivity index (χ3v) is 5.15. The van der Waals surface area contributed by atoms with Crippen LogP contribution in [-0.4, -0.2) is 30.6 Å². The number of hydrogen-bond donors (Lipinski definition) is 6. The second kappa shape index (κ2) is 10.4. The third kappa shape index (κ3) is 5.81. The Balaban J connectivity index is 1.71. The van der Waals surface area contributed by atoms with Crippen LogP contribution in [0.4, 0.5) is 11.4 Å². The van der Waals surface area contributed by atoms with Gasteiger partial charge in [-0.15, -0.1) is 10.2 Å². The molecule has 36 heavy (non-hydrogen) atoms. The van der Waals surface area contributed by atoms with Crippen LogP contribution in [0.2, 0.25) is 0 Å². The first-order chi connectivity index (χ1) is 17.3. The first-order valence-corrected chi connectivity index (χ1v) is 10.8. The van der Waals surface area contributed by atoms with Gasteiger partial charge in [0.25, 0.3) is 0 Å². The average Bonchev–Trinajstić information content (AvgIpc) is 2.83. The van der Waals surface area contributed by atoms with Gasteiger partial charge in [-0.3, -0.25) is 0 Å². The van der Waals surface area contributed by atoms with Gasteiger partial charge in [0.2, 0.25) is 0 Å². The van der Waals surface area contributed by atoms with Crippen molar-refractivity contribution in [1.29, 1.82) is 0 Å². The molecule has 0 saturated heterocycles. The van der Waals surface area contributed by atoms with Gasteiger partial charge in [0.15, 0.2) is 0 Å². The molecule has 0 aliphatic heterocycles. The van der Waals surface area contributed by atoms with Crippen LogP contribution in [0, 0.1) is 0 Å². The van der Waals surface area contributed by atoms with Crippen molar-refractivity contribution in [2.45, 2.75) is 0 Å². The van der Waals surface area contributed by atoms with Crippen LogP contribution in [0.15, 0.2) is 83.0 Å². The van der Waals surface area contributed by atoms with Gasteiger partial charge < -0.3 is 30.6 Å². The molecule has 4 aromatic rings. The summed E-state index contributed by atoms with van der Waals surface area (Å²) in [5.41, 5.74) is 2.31. The molecule has 6 N–H and O–H groups in total. The highest BCUT2D eigenvalue weighted by atomic mass is 16.3. The number of benzene rings is 4. The molecule has 0 bridgehead atoms. The van der Waals surface area contributed by atoms with Gasteiger partial charge in [-0.05, 0) is 47.5 Å². The van der Waals surface area contributed by atoms with Crippen molar-refractivity contribution in [3.8, 4) is 34.5 Å². The normalized spacial score (nSPS) is 11.7. The van der Waals surface area contributed by atoms with E-state index in [1.54, 1.807) is 48.6 Å². The summed E-state index contributed by atoms with van der Waals surface area (Å²) in [4.78, 5) is 0. The lowest BCUT2D eigenvalue weighted by Crippen LogP contribution is -1.80. The highest BCUT2D eigenvalue weighted by molar-refractivity contribution is 5.81. The number of nitrogens with zero attached hydrogens (tertiary/aromatic N) is 2. The summed E-state index contributed by atoms with van der Waals surface area (Å²) in [6.07, 6.45) is 6.64. The van der Waals surface area contributed by atoms with Crippen LogP contribution >= 0.6 is 0 Å². The summed E-state index contributed by atoms with van der Waals surface area (Å²) in [6, 6.07) is 17.9. The van der Waals surface area contributed by atoms with Crippen molar-refractivity contribution in [3.05, 3.63) is 95.1 Å². The highest BCUT2D eigenvalue weighted by Gasteiger charge is 2.12. The molecule has 4 rings (SSSR count). The molecule has 0 saturated carbocycles. The monoisotopic (exact) mass is 482 g/mol. The minimum Gasteiger partial charge on any atom is -0.508 e. The molecule has 0 spiro atoms. The minimum atomic E-state index is -0.330. The lowest BCUT2D eigenvalue weighted by Gasteiger charge is -2.07. The molecule has 0 fully saturated rings. The van der Waals surface area contributed by atoms with E-state index < -0.39 is 0 Å². The molecule has 0 amide bonds. The Morgan fingerprint density at radius 1 is 0.417 bits per heavy atom. The van der Waals surface area contributed by atoms with E-state index in [1.807, 2.05) is 0 Å². The summed E-state index contributed by atoms with van der Waals surface area (Å²) in [6.45, 7) is 0. The van der Waals surface area contributed by atoms with E-state index in [2.05, 4.69) is 10.2 Å². The van der Waals surface area contributed by atoms with Gasteiger partial charge >= 0.3 is 0 Å². The van der Waals surface area contributed by atoms with Gasteiger partial charge in [-0.25, -0.2) is 0 Å². The Hall–Kier alpha value is -5.24. The number of rotatable bonds is 6. The Morgan fingerprint density at radius 2 is 0.778 bits per heavy atom. The van der Waals surface area contributed by atoms with Crippen molar-refractivity contribution < 1.29 is 30.6 Å². The van der Waals surface area contributed by atoms with E-state index in [1.165, 1.54) is 36.4 Å². The maximum Gasteiger partial charge on any atom is 0.147 e. The van der Waals surface area contributed by atoms with Gasteiger partial charge in [0.05, 0.1) is 0 Å². The van der Waals surface area contributed by atoms with Crippen LogP contribution in [-0.2, 0) is 0 Å². The SMILES string of the molecule is Oc1ccc(/C=C\c2cc(O)cc(O)c2N=Nc2c(O)cc(O)cc2/C=C/c2ccc(O)cc2)cc1. The number of hydrogen-bond acceptors (Lipinski definition) is 8. The smallest absolute Gasteiger partial charge is 0.147 e. The fourth-order valence-electron chi connectivity index (χ4n) is 3.37. The average molecular weight is 482 g/mol. The van der Waals surface area contributed by atoms with Crippen LogP contribution < -0.4 is 0 Å². The lowest BCUT2D eigenvalue weighted by atomic mass is 10.1. The summed E-state index contributed by atoms with van der Waals surface area (Å²) >= 11 is 0. The van der Waals surface area contributed by atoms with Crippen molar-refractivity contribution in [2.24, 2.45) is 10.2 Å². The molecule has 0 aliphatic carbocycles. The zero-order valence-electron chi connectivity index (χ0n) is 18.8. The molecule has 0 radical (unpaired) electrons. The van der Waals surface area contributed by atoms with E-state index in [-0.39, 0.29) is 45.9 Å². The van der Waals surface area contributed by atoms with Crippen molar-refractivity contribution in [1.82, 2.24) is 0 Å². The maximum absolute atomic E-state index is 10.4. The second-order valence-corrected chi connectivity index (χ2v) is 7.86. The Morgan fingerprint density at radius 3 is 1.14 bits per heavy atom. The van der Waals surface area contributed by atoms with Gasteiger partial charge in [-0.1, -0.05) is 48.6 Å². The molecule has 0 aromatic heterocycles. The minimum absolute atomic E-state index is 0.0452. The molecule has 8 heteroatoms. The molecule has 0 heterocycles. The zero-order chi connectivity index (χ0) is 25.7. The molecule has 8 nitrogen and oxygen atoms in total. The Bertz CT molecular complexity index is 1360. The standard InChI is InChI=1S/C28H22N2O6/c31-21-9-3-17(4-10-21)1-7-19-13-23(33)15-25(35)27(19)29-30-28-20(14-24(34)16-26(28)36)8-2-18-5-11-22(32)12-6-18/h1-16,31-36H/b7-1-,8-2+,30-29?. The largest absolute Gasteiger partial charge is 0.508 e. The number of phenols is 6. The maximum atomic E-state index is 10.4. The summed E-state index contributed by atoms with van der Waals surface area (Å²) < 4.78 is 0. The molecular weight excluding hydrogens is 460 g/mol. The highest BCUT2D eigenvalue weighted by Crippen LogP contribution is 2.40. The van der Waals surface area contributed by atoms with E-state index in [0.717, 1.165) is 23.3 Å². The van der Waals surface area contributed by atoms with Crippen LogP contribution in [0.3, 0.4) is 0 Å². The second-order valence-electron chi connectivity index (χ2n) is 7.86. The molecular formula is C28H22N2O6. The molecule has 4 aromatic carbocycles. The first kappa shape index (κ1) is 23.9. The third-order valence-electron chi connectivity index (χ3n) is 5.15. The zero-order valence-corrected chi connectivity index (χ0v) is 18.8. The molecule has 0 unspecified atom stereocenters. The van der Waals surface area contributed by atoms with Gasteiger partial charge in [0.1, 0.15) is 45.9 Å². The van der Waals surface area contributed by atoms with Crippen molar-refractivity contribution in [2.75, 3.05) is 0 Å². The van der Waals surface area contributed by atoms with E-state index in [9.17, 15) is 30.6 Å². The summed E-state index contributed by atoms with van der Waals surface area (Å²) in [5.74, 6) is -0.767. The van der Waals surface area contributed by atoms with E-state index >= 15 is 0 Å². The number of aromatic hydroxyl groups is 6. The molecule has 180 valence electrons. The van der Waals surface area contributed by atoms with Crippen molar-refractivity contribution >= 4 is 35.7 Å². The Labute approximate surface area is 206 Å².